The molecule has 1 saturated heterocycles. The molecule has 30 heavy (non-hydrogen) atoms. The summed E-state index contributed by atoms with van der Waals surface area (Å²) in [6.45, 7) is 9.57. The van der Waals surface area contributed by atoms with E-state index in [9.17, 15) is 9.59 Å². The molecule has 2 heterocycles. The fourth-order valence-electron chi connectivity index (χ4n) is 2.74. The number of nitrogens with zero attached hydrogens (tertiary/aromatic N) is 3. The van der Waals surface area contributed by atoms with Crippen molar-refractivity contribution in [2.45, 2.75) is 45.3 Å². The van der Waals surface area contributed by atoms with Gasteiger partial charge in [0.05, 0.1) is 42.7 Å². The molecule has 0 bridgehead atoms. The molecule has 11 heteroatoms. The fourth-order valence-corrected chi connectivity index (χ4v) is 3.57. The number of carbonyl (C=O) groups is 2. The van der Waals surface area contributed by atoms with E-state index in [4.69, 9.17) is 13.7 Å². The standard InChI is InChI=1S/C19H30N4O5S2/c1-19(2,3)20-13-14(27-16(24)7-8-17(25)28-29-4)5-6-15-18(22-30-21-15)23-9-11-26-12-10-23/h7-8,14,20H,5-6,9-13H2,1-4H3/b8-7-/t14-/m1/s1. The summed E-state index contributed by atoms with van der Waals surface area (Å²) in [6.07, 6.45) is 4.61. The van der Waals surface area contributed by atoms with Crippen LogP contribution in [0.1, 0.15) is 32.9 Å². The number of esters is 1. The predicted molar refractivity (Wildman–Crippen MR) is 118 cm³/mol. The smallest absolute Gasteiger partial charge is 0.343 e. The Balaban J connectivity index is 1.97. The normalized spacial score (nSPS) is 15.9. The Labute approximate surface area is 186 Å². The molecule has 1 aromatic rings. The van der Waals surface area contributed by atoms with Gasteiger partial charge in [-0.05, 0) is 33.6 Å². The second-order valence-electron chi connectivity index (χ2n) is 7.76. The average Bonchev–Trinajstić information content (AvgIpc) is 3.17. The van der Waals surface area contributed by atoms with Crippen molar-refractivity contribution in [3.05, 3.63) is 17.8 Å². The van der Waals surface area contributed by atoms with Gasteiger partial charge in [0.25, 0.3) is 0 Å². The molecule has 0 radical (unpaired) electrons. The molecule has 1 fully saturated rings. The third-order valence-electron chi connectivity index (χ3n) is 4.21. The van der Waals surface area contributed by atoms with Crippen LogP contribution >= 0.6 is 23.8 Å². The SMILES string of the molecule is CSOC(=O)/C=C\C(=O)O[C@H](CCc1nsnc1N1CCOCC1)CNC(C)(C)C. The molecule has 0 unspecified atom stereocenters. The summed E-state index contributed by atoms with van der Waals surface area (Å²) >= 11 is 2.11. The first kappa shape index (κ1) is 24.6. The molecule has 168 valence electrons. The molecule has 1 aliphatic heterocycles. The van der Waals surface area contributed by atoms with Crippen LogP contribution in [0.5, 0.6) is 0 Å². The van der Waals surface area contributed by atoms with Crippen LogP contribution in [-0.4, -0.2) is 71.4 Å². The van der Waals surface area contributed by atoms with Crippen molar-refractivity contribution < 1.29 is 23.2 Å². The van der Waals surface area contributed by atoms with Crippen LogP contribution in [0.15, 0.2) is 12.2 Å². The van der Waals surface area contributed by atoms with E-state index < -0.39 is 11.9 Å². The third-order valence-corrected chi connectivity index (χ3v) is 5.10. The largest absolute Gasteiger partial charge is 0.458 e. The van der Waals surface area contributed by atoms with Gasteiger partial charge in [0.15, 0.2) is 5.82 Å². The first-order chi connectivity index (χ1) is 14.3. The van der Waals surface area contributed by atoms with Gasteiger partial charge in [-0.3, -0.25) is 0 Å². The van der Waals surface area contributed by atoms with Crippen LogP contribution in [-0.2, 0) is 29.7 Å². The molecule has 1 aromatic heterocycles. The maximum Gasteiger partial charge on any atom is 0.343 e. The number of nitrogens with one attached hydrogen (secondary N) is 1. The Hall–Kier alpha value is -1.69. The Morgan fingerprint density at radius 3 is 2.63 bits per heavy atom. The Morgan fingerprint density at radius 1 is 1.27 bits per heavy atom. The van der Waals surface area contributed by atoms with Crippen LogP contribution in [0.4, 0.5) is 5.82 Å². The van der Waals surface area contributed by atoms with Gasteiger partial charge in [-0.25, -0.2) is 9.59 Å². The molecule has 0 saturated carbocycles. The average molecular weight is 459 g/mol. The third kappa shape index (κ3) is 8.99. The highest BCUT2D eigenvalue weighted by molar-refractivity contribution is 7.94. The highest BCUT2D eigenvalue weighted by atomic mass is 32.2. The monoisotopic (exact) mass is 458 g/mol. The summed E-state index contributed by atoms with van der Waals surface area (Å²) in [4.78, 5) is 25.7. The van der Waals surface area contributed by atoms with Crippen LogP contribution in [0.3, 0.4) is 0 Å². The number of hydrogen-bond donors (Lipinski definition) is 1. The molecular formula is C19H30N4O5S2. The lowest BCUT2D eigenvalue weighted by molar-refractivity contribution is -0.143. The van der Waals surface area contributed by atoms with Crippen molar-refractivity contribution in [2.24, 2.45) is 0 Å². The molecule has 0 spiro atoms. The van der Waals surface area contributed by atoms with Crippen molar-refractivity contribution in [1.29, 1.82) is 0 Å². The Bertz CT molecular complexity index is 714. The minimum Gasteiger partial charge on any atom is -0.458 e. The van der Waals surface area contributed by atoms with E-state index in [-0.39, 0.29) is 11.6 Å². The highest BCUT2D eigenvalue weighted by Gasteiger charge is 2.22. The van der Waals surface area contributed by atoms with Crippen molar-refractivity contribution in [3.63, 3.8) is 0 Å². The van der Waals surface area contributed by atoms with Gasteiger partial charge in [0.1, 0.15) is 6.10 Å². The summed E-state index contributed by atoms with van der Waals surface area (Å²) in [7, 11) is 0. The fraction of sp³-hybridized carbons (Fsp3) is 0.684. The van der Waals surface area contributed by atoms with Crippen molar-refractivity contribution in [1.82, 2.24) is 14.1 Å². The van der Waals surface area contributed by atoms with E-state index in [0.29, 0.717) is 32.6 Å². The lowest BCUT2D eigenvalue weighted by Crippen LogP contribution is -2.42. The van der Waals surface area contributed by atoms with Gasteiger partial charge >= 0.3 is 11.9 Å². The summed E-state index contributed by atoms with van der Waals surface area (Å²) < 4.78 is 24.6. The van der Waals surface area contributed by atoms with Crippen LogP contribution in [0.25, 0.3) is 0 Å². The van der Waals surface area contributed by atoms with Gasteiger partial charge in [0.2, 0.25) is 0 Å². The number of carbonyl (C=O) groups excluding carboxylic acids is 2. The number of morpholine rings is 1. The summed E-state index contributed by atoms with van der Waals surface area (Å²) in [5.74, 6) is -0.303. The van der Waals surface area contributed by atoms with E-state index in [1.54, 1.807) is 6.26 Å². The molecule has 0 aromatic carbocycles. The van der Waals surface area contributed by atoms with Crippen LogP contribution in [0.2, 0.25) is 0 Å². The second-order valence-corrected chi connectivity index (χ2v) is 8.79. The summed E-state index contributed by atoms with van der Waals surface area (Å²) in [5, 5.41) is 3.36. The number of ether oxygens (including phenoxy) is 2. The molecule has 2 rings (SSSR count). The topological polar surface area (TPSA) is 103 Å². The minimum absolute atomic E-state index is 0.121. The van der Waals surface area contributed by atoms with Crippen LogP contribution in [0, 0.1) is 0 Å². The van der Waals surface area contributed by atoms with Gasteiger partial charge in [-0.15, -0.1) is 0 Å². The zero-order valence-corrected chi connectivity index (χ0v) is 19.5. The predicted octanol–water partition coefficient (Wildman–Crippen LogP) is 1.98. The van der Waals surface area contributed by atoms with Gasteiger partial charge in [-0.2, -0.15) is 8.75 Å². The summed E-state index contributed by atoms with van der Waals surface area (Å²) in [6, 6.07) is 0. The van der Waals surface area contributed by atoms with E-state index in [1.807, 2.05) is 20.8 Å². The Kier molecular flexibility index (Phi) is 10.0. The number of aromatic nitrogens is 2. The van der Waals surface area contributed by atoms with Crippen molar-refractivity contribution >= 4 is 41.5 Å². The molecule has 9 nitrogen and oxygen atoms in total. The van der Waals surface area contributed by atoms with E-state index in [0.717, 1.165) is 48.8 Å². The molecule has 1 N–H and O–H groups in total. The zero-order valence-electron chi connectivity index (χ0n) is 17.9. The number of anilines is 1. The first-order valence-corrected chi connectivity index (χ1v) is 11.7. The van der Waals surface area contributed by atoms with E-state index >= 15 is 0 Å². The van der Waals surface area contributed by atoms with E-state index in [1.165, 1.54) is 11.7 Å². The van der Waals surface area contributed by atoms with Crippen molar-refractivity contribution in [2.75, 3.05) is 44.0 Å². The quantitative estimate of drug-likeness (QED) is 0.318. The lowest BCUT2D eigenvalue weighted by atomic mass is 10.1. The van der Waals surface area contributed by atoms with Gasteiger partial charge in [0, 0.05) is 43.6 Å². The van der Waals surface area contributed by atoms with Crippen molar-refractivity contribution in [3.8, 4) is 0 Å². The Morgan fingerprint density at radius 2 is 1.97 bits per heavy atom. The second kappa shape index (κ2) is 12.2. The molecule has 0 aliphatic carbocycles. The van der Waals surface area contributed by atoms with E-state index in [2.05, 4.69) is 19.0 Å². The van der Waals surface area contributed by atoms with Crippen LogP contribution < -0.4 is 10.2 Å². The highest BCUT2D eigenvalue weighted by Crippen LogP contribution is 2.21. The molecular weight excluding hydrogens is 428 g/mol. The molecule has 0 amide bonds. The first-order valence-electron chi connectivity index (χ1n) is 9.81. The zero-order chi connectivity index (χ0) is 22.0. The maximum atomic E-state index is 12.2. The number of aryl methyl sites for hydroxylation is 1. The lowest BCUT2D eigenvalue weighted by Gasteiger charge is -2.27. The molecule has 1 atom stereocenters. The number of hydrogen-bond acceptors (Lipinski definition) is 11. The van der Waals surface area contributed by atoms with Gasteiger partial charge in [-0.1, -0.05) is 0 Å². The summed E-state index contributed by atoms with van der Waals surface area (Å²) in [5.41, 5.74) is 0.780. The minimum atomic E-state index is -0.604. The maximum absolute atomic E-state index is 12.2. The van der Waals surface area contributed by atoms with Gasteiger partial charge < -0.3 is 23.9 Å². The number of rotatable bonds is 10. The molecule has 1 aliphatic rings.